The van der Waals surface area contributed by atoms with Crippen LogP contribution in [0.2, 0.25) is 5.02 Å². The largest absolute Gasteiger partial charge is 0.492 e. The molecule has 0 radical (unpaired) electrons. The fourth-order valence-electron chi connectivity index (χ4n) is 5.06. The molecule has 8 heteroatoms. The van der Waals surface area contributed by atoms with Gasteiger partial charge in [0.05, 0.1) is 19.0 Å². The van der Waals surface area contributed by atoms with E-state index in [-0.39, 0.29) is 18.2 Å². The second kappa shape index (κ2) is 9.10. The molecule has 162 valence electrons. The first-order chi connectivity index (χ1) is 13.9. The topological polar surface area (TPSA) is 67.9 Å². The summed E-state index contributed by atoms with van der Waals surface area (Å²) in [7, 11) is -3.26. The van der Waals surface area contributed by atoms with Gasteiger partial charge in [-0.1, -0.05) is 11.6 Å². The number of hydrogen-bond donors (Lipinski definition) is 1. The average Bonchev–Trinajstić information content (AvgIpc) is 2.69. The summed E-state index contributed by atoms with van der Waals surface area (Å²) >= 11 is 6.28. The molecule has 2 bridgehead atoms. The van der Waals surface area contributed by atoms with Gasteiger partial charge in [0.2, 0.25) is 10.0 Å². The van der Waals surface area contributed by atoms with Gasteiger partial charge in [-0.05, 0) is 74.8 Å². The first-order valence-electron chi connectivity index (χ1n) is 10.6. The van der Waals surface area contributed by atoms with Crippen LogP contribution in [0.15, 0.2) is 18.2 Å². The van der Waals surface area contributed by atoms with Gasteiger partial charge in [0.25, 0.3) is 0 Å². The molecule has 2 fully saturated rings. The third-order valence-corrected chi connectivity index (χ3v) is 7.45. The molecule has 1 N–H and O–H groups in total. The summed E-state index contributed by atoms with van der Waals surface area (Å²) < 4.78 is 39.1. The van der Waals surface area contributed by atoms with E-state index >= 15 is 0 Å². The number of nitrogens with zero attached hydrogens (tertiary/aromatic N) is 1. The molecule has 29 heavy (non-hydrogen) atoms. The minimum atomic E-state index is -3.26. The highest BCUT2D eigenvalue weighted by atomic mass is 35.5. The van der Waals surface area contributed by atoms with Gasteiger partial charge in [-0.2, -0.15) is 0 Å². The normalized spacial score (nSPS) is 31.5. The molecule has 3 heterocycles. The van der Waals surface area contributed by atoms with E-state index in [1.807, 2.05) is 12.1 Å². The van der Waals surface area contributed by atoms with Crippen molar-refractivity contribution in [3.05, 3.63) is 28.8 Å². The molecule has 0 unspecified atom stereocenters. The van der Waals surface area contributed by atoms with Gasteiger partial charge in [0, 0.05) is 23.7 Å². The zero-order valence-corrected chi connectivity index (χ0v) is 18.6. The number of nitrogens with one attached hydrogen (secondary N) is 1. The molecular formula is C21H31ClN2O4S. The number of fused-ring (bicyclic) bond motifs is 5. The molecule has 5 rings (SSSR count). The molecular weight excluding hydrogens is 412 g/mol. The molecule has 1 aliphatic carbocycles. The van der Waals surface area contributed by atoms with E-state index in [0.717, 1.165) is 62.4 Å². The summed E-state index contributed by atoms with van der Waals surface area (Å²) in [5.41, 5.74) is 1.21. The number of piperidine rings is 1. The Labute approximate surface area is 178 Å². The number of hydrogen-bond acceptors (Lipinski definition) is 5. The second-order valence-electron chi connectivity index (χ2n) is 8.58. The van der Waals surface area contributed by atoms with E-state index < -0.39 is 10.0 Å². The van der Waals surface area contributed by atoms with Gasteiger partial charge < -0.3 is 9.47 Å². The SMILES string of the molecule is CS(=O)(=O)N[C@H]1CCCN2CCOc3ccc(Cl)cc3C3CCC(CC3)OC[C@@H]12. The highest BCUT2D eigenvalue weighted by Crippen LogP contribution is 2.40. The van der Waals surface area contributed by atoms with E-state index in [1.54, 1.807) is 0 Å². The zero-order chi connectivity index (χ0) is 20.4. The lowest BCUT2D eigenvalue weighted by atomic mass is 9.82. The number of rotatable bonds is 2. The Hall–Kier alpha value is -0.860. The van der Waals surface area contributed by atoms with Crippen LogP contribution in [0.3, 0.4) is 0 Å². The van der Waals surface area contributed by atoms with Crippen LogP contribution < -0.4 is 9.46 Å². The van der Waals surface area contributed by atoms with Crippen molar-refractivity contribution in [1.29, 1.82) is 0 Å². The smallest absolute Gasteiger partial charge is 0.209 e. The predicted molar refractivity (Wildman–Crippen MR) is 114 cm³/mol. The van der Waals surface area contributed by atoms with Crippen LogP contribution in [0.5, 0.6) is 5.75 Å². The average molecular weight is 443 g/mol. The van der Waals surface area contributed by atoms with Gasteiger partial charge >= 0.3 is 0 Å². The molecule has 4 aliphatic rings. The Morgan fingerprint density at radius 1 is 1.14 bits per heavy atom. The van der Waals surface area contributed by atoms with Crippen LogP contribution in [0.1, 0.15) is 50.0 Å². The van der Waals surface area contributed by atoms with Crippen LogP contribution >= 0.6 is 11.6 Å². The van der Waals surface area contributed by atoms with Gasteiger partial charge in [0.1, 0.15) is 12.4 Å². The molecule has 0 amide bonds. The first-order valence-corrected chi connectivity index (χ1v) is 12.9. The van der Waals surface area contributed by atoms with Crippen molar-refractivity contribution in [2.24, 2.45) is 0 Å². The van der Waals surface area contributed by atoms with Crippen LogP contribution in [0.25, 0.3) is 0 Å². The van der Waals surface area contributed by atoms with Crippen molar-refractivity contribution in [1.82, 2.24) is 9.62 Å². The number of ether oxygens (including phenoxy) is 2. The molecule has 0 aromatic heterocycles. The molecule has 3 aliphatic heterocycles. The zero-order valence-electron chi connectivity index (χ0n) is 17.0. The molecule has 1 aromatic carbocycles. The van der Waals surface area contributed by atoms with E-state index in [9.17, 15) is 8.42 Å². The highest BCUT2D eigenvalue weighted by molar-refractivity contribution is 7.88. The van der Waals surface area contributed by atoms with Crippen LogP contribution in [0, 0.1) is 0 Å². The minimum absolute atomic E-state index is 0.0326. The Kier molecular flexibility index (Phi) is 6.71. The van der Waals surface area contributed by atoms with E-state index in [0.29, 0.717) is 19.1 Å². The maximum Gasteiger partial charge on any atom is 0.209 e. The van der Waals surface area contributed by atoms with Crippen molar-refractivity contribution in [2.45, 2.75) is 62.6 Å². The van der Waals surface area contributed by atoms with Crippen LogP contribution in [0.4, 0.5) is 0 Å². The number of halogens is 1. The van der Waals surface area contributed by atoms with E-state index in [2.05, 4.69) is 15.7 Å². The first kappa shape index (κ1) is 21.4. The monoisotopic (exact) mass is 442 g/mol. The van der Waals surface area contributed by atoms with Gasteiger partial charge in [-0.3, -0.25) is 4.90 Å². The summed E-state index contributed by atoms with van der Waals surface area (Å²) in [5, 5.41) is 0.751. The third kappa shape index (κ3) is 5.44. The summed E-state index contributed by atoms with van der Waals surface area (Å²) in [6.07, 6.45) is 7.40. The maximum atomic E-state index is 11.9. The summed E-state index contributed by atoms with van der Waals surface area (Å²) in [5.74, 6) is 1.38. The van der Waals surface area contributed by atoms with Gasteiger partial charge in [-0.25, -0.2) is 13.1 Å². The molecule has 1 saturated carbocycles. The minimum Gasteiger partial charge on any atom is -0.492 e. The summed E-state index contributed by atoms with van der Waals surface area (Å²) in [6.45, 7) is 2.79. The van der Waals surface area contributed by atoms with Gasteiger partial charge in [0.15, 0.2) is 0 Å². The Bertz CT molecular complexity index is 811. The third-order valence-electron chi connectivity index (χ3n) is 6.48. The Morgan fingerprint density at radius 2 is 1.93 bits per heavy atom. The Morgan fingerprint density at radius 3 is 2.69 bits per heavy atom. The fraction of sp³-hybridized carbons (Fsp3) is 0.714. The van der Waals surface area contributed by atoms with Gasteiger partial charge in [-0.15, -0.1) is 0 Å². The van der Waals surface area contributed by atoms with Crippen LogP contribution in [-0.2, 0) is 14.8 Å². The number of sulfonamides is 1. The van der Waals surface area contributed by atoms with E-state index in [4.69, 9.17) is 21.1 Å². The molecule has 2 atom stereocenters. The highest BCUT2D eigenvalue weighted by Gasteiger charge is 2.35. The molecule has 0 spiro atoms. The lowest BCUT2D eigenvalue weighted by Gasteiger charge is -2.41. The second-order valence-corrected chi connectivity index (χ2v) is 10.8. The summed E-state index contributed by atoms with van der Waals surface area (Å²) in [6, 6.07) is 5.85. The standard InChI is InChI=1S/C21H31ClN2O4S/c1-29(25,26)23-19-3-2-10-24-11-12-27-21-9-6-16(22)13-18(21)15-4-7-17(8-5-15)28-14-20(19)24/h6,9,13,15,17,19-20,23H,2-5,7-8,10-12,14H2,1H3/t15?,17?,19-,20-/m0/s1. The van der Waals surface area contributed by atoms with Crippen molar-refractivity contribution in [3.8, 4) is 5.75 Å². The Balaban J connectivity index is 1.57. The van der Waals surface area contributed by atoms with Crippen molar-refractivity contribution in [2.75, 3.05) is 32.6 Å². The fourth-order valence-corrected chi connectivity index (χ4v) is 6.06. The molecule has 1 aromatic rings. The lowest BCUT2D eigenvalue weighted by Crippen LogP contribution is -2.58. The van der Waals surface area contributed by atoms with Crippen molar-refractivity contribution < 1.29 is 17.9 Å². The molecule has 6 nitrogen and oxygen atoms in total. The lowest BCUT2D eigenvalue weighted by molar-refractivity contribution is -0.0284. The quantitative estimate of drug-likeness (QED) is 0.761. The summed E-state index contributed by atoms with van der Waals surface area (Å²) in [4.78, 5) is 2.33. The maximum absolute atomic E-state index is 11.9. The van der Waals surface area contributed by atoms with Crippen molar-refractivity contribution in [3.63, 3.8) is 0 Å². The molecule has 1 saturated heterocycles. The number of benzene rings is 1. The van der Waals surface area contributed by atoms with E-state index in [1.165, 1.54) is 11.8 Å². The predicted octanol–water partition coefficient (Wildman–Crippen LogP) is 3.16. The van der Waals surface area contributed by atoms with Crippen LogP contribution in [-0.4, -0.2) is 64.1 Å². The van der Waals surface area contributed by atoms with Crippen molar-refractivity contribution >= 4 is 21.6 Å².